The Morgan fingerprint density at radius 2 is 1.76 bits per heavy atom. The lowest BCUT2D eigenvalue weighted by Crippen LogP contribution is -2.47. The van der Waals surface area contributed by atoms with Crippen molar-refractivity contribution in [2.45, 2.75) is 6.92 Å². The minimum atomic E-state index is -0.337. The Balaban J connectivity index is 2.00. The van der Waals surface area contributed by atoms with Gasteiger partial charge in [-0.2, -0.15) is 9.78 Å². The Bertz CT molecular complexity index is 821. The molecule has 1 aliphatic rings. The van der Waals surface area contributed by atoms with Crippen molar-refractivity contribution in [3.63, 3.8) is 0 Å². The lowest BCUT2D eigenvalue weighted by molar-refractivity contribution is 0.0652. The number of rotatable bonds is 3. The molecule has 1 aliphatic heterocycles. The molecule has 0 saturated carbocycles. The first-order valence-electron chi connectivity index (χ1n) is 8.23. The fourth-order valence-corrected chi connectivity index (χ4v) is 2.77. The first kappa shape index (κ1) is 17.2. The summed E-state index contributed by atoms with van der Waals surface area (Å²) < 4.78 is 6.48. The number of nitrogens with zero attached hydrogens (tertiary/aromatic N) is 4. The van der Waals surface area contributed by atoms with Gasteiger partial charge in [0.2, 0.25) is 0 Å². The zero-order valence-corrected chi connectivity index (χ0v) is 14.7. The van der Waals surface area contributed by atoms with E-state index in [2.05, 4.69) is 10.00 Å². The summed E-state index contributed by atoms with van der Waals surface area (Å²) in [6.07, 6.45) is 0. The molecule has 1 aromatic heterocycles. The molecular formula is C18H22N4O3. The number of hydrogen-bond donors (Lipinski definition) is 0. The molecule has 1 aromatic carbocycles. The molecule has 7 heteroatoms. The maximum absolute atomic E-state index is 12.9. The number of likely N-dealkylation sites (N-methyl/N-ethyl adjacent to an activating group) is 1. The Labute approximate surface area is 146 Å². The summed E-state index contributed by atoms with van der Waals surface area (Å²) in [5.74, 6) is -0.0110. The summed E-state index contributed by atoms with van der Waals surface area (Å²) in [4.78, 5) is 29.2. The first-order valence-corrected chi connectivity index (χ1v) is 8.23. The van der Waals surface area contributed by atoms with Gasteiger partial charge in [-0.05, 0) is 26.1 Å². The molecule has 0 N–H and O–H groups in total. The van der Waals surface area contributed by atoms with Gasteiger partial charge in [0.15, 0.2) is 11.4 Å². The highest BCUT2D eigenvalue weighted by atomic mass is 16.5. The number of carbonyl (C=O) groups is 1. The smallest absolute Gasteiger partial charge is 0.278 e. The lowest BCUT2D eigenvalue weighted by Gasteiger charge is -2.32. The zero-order chi connectivity index (χ0) is 18.0. The highest BCUT2D eigenvalue weighted by Gasteiger charge is 2.25. The van der Waals surface area contributed by atoms with Gasteiger partial charge in [0.05, 0.1) is 18.9 Å². The van der Waals surface area contributed by atoms with E-state index in [4.69, 9.17) is 4.74 Å². The van der Waals surface area contributed by atoms with E-state index < -0.39 is 0 Å². The summed E-state index contributed by atoms with van der Waals surface area (Å²) in [6, 6.07) is 8.72. The topological polar surface area (TPSA) is 67.7 Å². The number of amides is 1. The average molecular weight is 342 g/mol. The zero-order valence-electron chi connectivity index (χ0n) is 14.7. The molecule has 1 saturated heterocycles. The molecule has 25 heavy (non-hydrogen) atoms. The van der Waals surface area contributed by atoms with Crippen LogP contribution in [-0.4, -0.2) is 65.8 Å². The van der Waals surface area contributed by atoms with Crippen LogP contribution in [0.25, 0.3) is 5.69 Å². The number of benzene rings is 1. The number of aromatic nitrogens is 2. The summed E-state index contributed by atoms with van der Waals surface area (Å²) >= 11 is 0. The van der Waals surface area contributed by atoms with Crippen LogP contribution in [0.2, 0.25) is 0 Å². The molecule has 3 rings (SSSR count). The third kappa shape index (κ3) is 3.56. The van der Waals surface area contributed by atoms with Crippen LogP contribution in [0, 0.1) is 6.92 Å². The third-order valence-electron chi connectivity index (χ3n) is 4.39. The fraction of sp³-hybridized carbons (Fsp3) is 0.389. The highest BCUT2D eigenvalue weighted by Crippen LogP contribution is 2.17. The summed E-state index contributed by atoms with van der Waals surface area (Å²) in [7, 11) is 3.46. The molecule has 2 heterocycles. The second-order valence-electron chi connectivity index (χ2n) is 6.24. The monoisotopic (exact) mass is 342 g/mol. The summed E-state index contributed by atoms with van der Waals surface area (Å²) in [5, 5.41) is 4.31. The van der Waals surface area contributed by atoms with Gasteiger partial charge < -0.3 is 14.5 Å². The van der Waals surface area contributed by atoms with E-state index in [1.807, 2.05) is 26.1 Å². The Morgan fingerprint density at radius 3 is 2.36 bits per heavy atom. The van der Waals surface area contributed by atoms with Crippen LogP contribution in [0.5, 0.6) is 5.75 Å². The molecule has 0 radical (unpaired) electrons. The molecular weight excluding hydrogens is 320 g/mol. The van der Waals surface area contributed by atoms with E-state index in [0.29, 0.717) is 18.8 Å². The summed E-state index contributed by atoms with van der Waals surface area (Å²) in [6.45, 7) is 4.85. The number of piperazine rings is 1. The SMILES string of the molecule is COc1cc(=O)n(-c2ccc(C)cc2)nc1C(=O)N1CCN(C)CC1. The number of methoxy groups -OCH3 is 1. The lowest BCUT2D eigenvalue weighted by atomic mass is 10.2. The molecule has 7 nitrogen and oxygen atoms in total. The van der Waals surface area contributed by atoms with Crippen molar-refractivity contribution in [1.29, 1.82) is 0 Å². The van der Waals surface area contributed by atoms with E-state index in [1.165, 1.54) is 17.9 Å². The molecule has 2 aromatic rings. The number of ether oxygens (including phenoxy) is 1. The Morgan fingerprint density at radius 1 is 1.12 bits per heavy atom. The first-order chi connectivity index (χ1) is 12.0. The number of aryl methyl sites for hydroxylation is 1. The largest absolute Gasteiger partial charge is 0.494 e. The van der Waals surface area contributed by atoms with Crippen LogP contribution in [0.3, 0.4) is 0 Å². The number of hydrogen-bond acceptors (Lipinski definition) is 5. The summed E-state index contributed by atoms with van der Waals surface area (Å²) in [5.41, 5.74) is 1.52. The standard InChI is InChI=1S/C18H22N4O3/c1-13-4-6-14(7-5-13)22-16(23)12-15(25-3)17(19-22)18(24)21-10-8-20(2)9-11-21/h4-7,12H,8-11H2,1-3H3. The molecule has 0 bridgehead atoms. The van der Waals surface area contributed by atoms with Crippen molar-refractivity contribution in [3.8, 4) is 11.4 Å². The predicted octanol–water partition coefficient (Wildman–Crippen LogP) is 0.937. The van der Waals surface area contributed by atoms with E-state index >= 15 is 0 Å². The molecule has 0 unspecified atom stereocenters. The minimum Gasteiger partial charge on any atom is -0.494 e. The quantitative estimate of drug-likeness (QED) is 0.830. The highest BCUT2D eigenvalue weighted by molar-refractivity contribution is 5.94. The number of carbonyl (C=O) groups excluding carboxylic acids is 1. The van der Waals surface area contributed by atoms with Gasteiger partial charge in [-0.25, -0.2) is 0 Å². The average Bonchev–Trinajstić information content (AvgIpc) is 2.62. The fourth-order valence-electron chi connectivity index (χ4n) is 2.77. The van der Waals surface area contributed by atoms with Gasteiger partial charge >= 0.3 is 0 Å². The van der Waals surface area contributed by atoms with Crippen LogP contribution in [0.15, 0.2) is 35.1 Å². The molecule has 0 spiro atoms. The maximum atomic E-state index is 12.9. The van der Waals surface area contributed by atoms with Crippen LogP contribution in [0.4, 0.5) is 0 Å². The van der Waals surface area contributed by atoms with Crippen molar-refractivity contribution in [2.75, 3.05) is 40.3 Å². The van der Waals surface area contributed by atoms with Crippen LogP contribution in [0.1, 0.15) is 16.1 Å². The van der Waals surface area contributed by atoms with Crippen molar-refractivity contribution in [1.82, 2.24) is 19.6 Å². The maximum Gasteiger partial charge on any atom is 0.278 e. The van der Waals surface area contributed by atoms with Gasteiger partial charge in [-0.1, -0.05) is 17.7 Å². The van der Waals surface area contributed by atoms with Crippen molar-refractivity contribution >= 4 is 5.91 Å². The van der Waals surface area contributed by atoms with Crippen LogP contribution < -0.4 is 10.3 Å². The van der Waals surface area contributed by atoms with Gasteiger partial charge in [0.25, 0.3) is 11.5 Å². The van der Waals surface area contributed by atoms with Crippen molar-refractivity contribution in [3.05, 3.63) is 51.9 Å². The Hall–Kier alpha value is -2.67. The minimum absolute atomic E-state index is 0.159. The van der Waals surface area contributed by atoms with Crippen LogP contribution >= 0.6 is 0 Å². The molecule has 0 aliphatic carbocycles. The second-order valence-corrected chi connectivity index (χ2v) is 6.24. The third-order valence-corrected chi connectivity index (χ3v) is 4.39. The molecule has 0 atom stereocenters. The van der Waals surface area contributed by atoms with Gasteiger partial charge in [0, 0.05) is 26.2 Å². The van der Waals surface area contributed by atoms with Gasteiger partial charge in [0.1, 0.15) is 0 Å². The Kier molecular flexibility index (Phi) is 4.85. The van der Waals surface area contributed by atoms with E-state index in [9.17, 15) is 9.59 Å². The van der Waals surface area contributed by atoms with E-state index in [1.54, 1.807) is 17.0 Å². The molecule has 1 fully saturated rings. The normalized spacial score (nSPS) is 15.2. The predicted molar refractivity (Wildman–Crippen MR) is 94.5 cm³/mol. The van der Waals surface area contributed by atoms with E-state index in [-0.39, 0.29) is 22.9 Å². The molecule has 1 amide bonds. The van der Waals surface area contributed by atoms with Gasteiger partial charge in [-0.15, -0.1) is 0 Å². The second kappa shape index (κ2) is 7.06. The van der Waals surface area contributed by atoms with Gasteiger partial charge in [-0.3, -0.25) is 9.59 Å². The van der Waals surface area contributed by atoms with E-state index in [0.717, 1.165) is 18.7 Å². The molecule has 132 valence electrons. The van der Waals surface area contributed by atoms with Crippen molar-refractivity contribution in [2.24, 2.45) is 0 Å². The van der Waals surface area contributed by atoms with Crippen LogP contribution in [-0.2, 0) is 0 Å². The van der Waals surface area contributed by atoms with Crippen molar-refractivity contribution < 1.29 is 9.53 Å².